The fourth-order valence-corrected chi connectivity index (χ4v) is 2.61. The molecule has 4 heteroatoms. The molecule has 0 heterocycles. The van der Waals surface area contributed by atoms with Crippen LogP contribution in [0.3, 0.4) is 0 Å². The summed E-state index contributed by atoms with van der Waals surface area (Å²) in [7, 11) is 0. The molecule has 0 unspecified atom stereocenters. The van der Waals surface area contributed by atoms with E-state index in [0.717, 1.165) is 17.5 Å². The van der Waals surface area contributed by atoms with Gasteiger partial charge in [-0.1, -0.05) is 31.2 Å². The number of benzene rings is 2. The van der Waals surface area contributed by atoms with Crippen molar-refractivity contribution in [2.24, 2.45) is 0 Å². The van der Waals surface area contributed by atoms with Gasteiger partial charge in [0.2, 0.25) is 0 Å². The van der Waals surface area contributed by atoms with Crippen molar-refractivity contribution >= 4 is 33.7 Å². The molecule has 0 aliphatic carbocycles. The van der Waals surface area contributed by atoms with E-state index in [0.29, 0.717) is 11.1 Å². The lowest BCUT2D eigenvalue weighted by atomic mass is 9.88. The predicted octanol–water partition coefficient (Wildman–Crippen LogP) is 4.99. The normalized spacial score (nSPS) is 10.7. The van der Waals surface area contributed by atoms with Gasteiger partial charge in [0.1, 0.15) is 0 Å². The number of hydrogen-bond donors (Lipinski definition) is 0. The summed E-state index contributed by atoms with van der Waals surface area (Å²) in [5.41, 5.74) is 3.17. The second-order valence-electron chi connectivity index (χ2n) is 4.75. The van der Waals surface area contributed by atoms with Gasteiger partial charge in [0.15, 0.2) is 0 Å². The van der Waals surface area contributed by atoms with E-state index in [1.54, 1.807) is 24.3 Å². The summed E-state index contributed by atoms with van der Waals surface area (Å²) in [6.45, 7) is 2.09. The molecule has 0 bridgehead atoms. The summed E-state index contributed by atoms with van der Waals surface area (Å²) >= 11 is 10.9. The highest BCUT2D eigenvalue weighted by atomic mass is 35.5. The Bertz CT molecular complexity index is 588. The average molecular weight is 321 g/mol. The lowest BCUT2D eigenvalue weighted by Gasteiger charge is -2.16. The van der Waals surface area contributed by atoms with E-state index >= 15 is 0 Å². The van der Waals surface area contributed by atoms with Crippen molar-refractivity contribution in [1.29, 1.82) is 0 Å². The van der Waals surface area contributed by atoms with Gasteiger partial charge in [0, 0.05) is 17.0 Å². The molecule has 108 valence electrons. The minimum absolute atomic E-state index is 0.198. The highest BCUT2D eigenvalue weighted by Crippen LogP contribution is 2.28. The fraction of sp³-hybridized carbons (Fsp3) is 0.176. The predicted molar refractivity (Wildman–Crippen MR) is 85.4 cm³/mol. The monoisotopic (exact) mass is 320 g/mol. The van der Waals surface area contributed by atoms with Crippen molar-refractivity contribution in [3.8, 4) is 0 Å². The third kappa shape index (κ3) is 3.72. The van der Waals surface area contributed by atoms with E-state index in [1.165, 1.54) is 0 Å². The molecule has 0 fully saturated rings. The first-order valence-corrected chi connectivity index (χ1v) is 7.38. The van der Waals surface area contributed by atoms with Gasteiger partial charge in [0.25, 0.3) is 10.5 Å². The summed E-state index contributed by atoms with van der Waals surface area (Å²) < 4.78 is 0. The second kappa shape index (κ2) is 6.88. The summed E-state index contributed by atoms with van der Waals surface area (Å²) in [6.07, 6.45) is 0.905. The maximum atomic E-state index is 11.1. The summed E-state index contributed by atoms with van der Waals surface area (Å²) in [5.74, 6) is 0.198. The van der Waals surface area contributed by atoms with E-state index in [9.17, 15) is 9.59 Å². The molecule has 0 spiro atoms. The lowest BCUT2D eigenvalue weighted by Crippen LogP contribution is -2.01. The molecule has 2 nitrogen and oxygen atoms in total. The Morgan fingerprint density at radius 1 is 0.810 bits per heavy atom. The van der Waals surface area contributed by atoms with Gasteiger partial charge in [-0.25, -0.2) is 0 Å². The molecule has 2 aromatic carbocycles. The Hall–Kier alpha value is -1.64. The smallest absolute Gasteiger partial charge is 0.252 e. The Labute approximate surface area is 133 Å². The van der Waals surface area contributed by atoms with Crippen LogP contribution in [0.4, 0.5) is 0 Å². The van der Waals surface area contributed by atoms with Crippen molar-refractivity contribution in [2.75, 3.05) is 0 Å². The molecule has 0 amide bonds. The number of hydrogen-bond acceptors (Lipinski definition) is 2. The molecule has 0 saturated heterocycles. The molecule has 0 aliphatic rings. The van der Waals surface area contributed by atoms with Gasteiger partial charge in [0.05, 0.1) is 0 Å². The van der Waals surface area contributed by atoms with Gasteiger partial charge in [-0.15, -0.1) is 0 Å². The van der Waals surface area contributed by atoms with Crippen LogP contribution < -0.4 is 0 Å². The van der Waals surface area contributed by atoms with Gasteiger partial charge < -0.3 is 0 Å². The Morgan fingerprint density at radius 3 is 1.38 bits per heavy atom. The highest BCUT2D eigenvalue weighted by Gasteiger charge is 2.13. The Balaban J connectivity index is 2.30. The van der Waals surface area contributed by atoms with E-state index in [2.05, 4.69) is 6.92 Å². The van der Waals surface area contributed by atoms with Crippen LogP contribution in [0, 0.1) is 0 Å². The van der Waals surface area contributed by atoms with Crippen molar-refractivity contribution in [1.82, 2.24) is 0 Å². The number of carbonyl (C=O) groups excluding carboxylic acids is 2. The zero-order valence-corrected chi connectivity index (χ0v) is 13.0. The molecule has 2 aromatic rings. The number of rotatable bonds is 5. The average Bonchev–Trinajstić information content (AvgIpc) is 2.49. The van der Waals surface area contributed by atoms with Gasteiger partial charge in [-0.2, -0.15) is 0 Å². The van der Waals surface area contributed by atoms with E-state index < -0.39 is 10.5 Å². The topological polar surface area (TPSA) is 34.1 Å². The van der Waals surface area contributed by atoms with Gasteiger partial charge in [-0.05, 0) is 65.0 Å². The number of halogens is 2. The van der Waals surface area contributed by atoms with Crippen molar-refractivity contribution in [3.63, 3.8) is 0 Å². The van der Waals surface area contributed by atoms with Crippen LogP contribution in [-0.4, -0.2) is 10.5 Å². The van der Waals surface area contributed by atoms with Crippen LogP contribution in [-0.2, 0) is 0 Å². The van der Waals surface area contributed by atoms with E-state index in [-0.39, 0.29) is 5.92 Å². The van der Waals surface area contributed by atoms with Crippen molar-refractivity contribution in [3.05, 3.63) is 70.8 Å². The standard InChI is InChI=1S/C17H14Cl2O2/c1-2-15(11-3-7-13(8-4-11)16(18)20)12-5-9-14(10-6-12)17(19)21/h3-10,15H,2H2,1H3. The van der Waals surface area contributed by atoms with Crippen LogP contribution in [0.1, 0.15) is 51.1 Å². The van der Waals surface area contributed by atoms with E-state index in [4.69, 9.17) is 23.2 Å². The second-order valence-corrected chi connectivity index (χ2v) is 5.44. The maximum Gasteiger partial charge on any atom is 0.252 e. The van der Waals surface area contributed by atoms with Gasteiger partial charge >= 0.3 is 0 Å². The number of carbonyl (C=O) groups is 2. The molecular formula is C17H14Cl2O2. The molecule has 0 radical (unpaired) electrons. The van der Waals surface area contributed by atoms with Gasteiger partial charge in [-0.3, -0.25) is 9.59 Å². The summed E-state index contributed by atoms with van der Waals surface area (Å²) in [6, 6.07) is 14.5. The molecule has 0 aromatic heterocycles. The molecule has 0 aliphatic heterocycles. The molecule has 0 N–H and O–H groups in total. The fourth-order valence-electron chi connectivity index (χ4n) is 2.36. The molecular weight excluding hydrogens is 307 g/mol. The molecule has 21 heavy (non-hydrogen) atoms. The van der Waals surface area contributed by atoms with E-state index in [1.807, 2.05) is 24.3 Å². The van der Waals surface area contributed by atoms with Crippen molar-refractivity contribution in [2.45, 2.75) is 19.3 Å². The first kappa shape index (κ1) is 15.7. The molecule has 0 atom stereocenters. The molecule has 2 rings (SSSR count). The minimum Gasteiger partial charge on any atom is -0.276 e. The first-order valence-electron chi connectivity index (χ1n) is 6.62. The third-order valence-electron chi connectivity index (χ3n) is 3.49. The summed E-state index contributed by atoms with van der Waals surface area (Å²) in [5, 5.41) is -0.917. The SMILES string of the molecule is CCC(c1ccc(C(=O)Cl)cc1)c1ccc(C(=O)Cl)cc1. The zero-order chi connectivity index (χ0) is 15.4. The third-order valence-corrected chi connectivity index (χ3v) is 3.92. The highest BCUT2D eigenvalue weighted by molar-refractivity contribution is 6.68. The first-order chi connectivity index (χ1) is 10.0. The van der Waals surface area contributed by atoms with Crippen molar-refractivity contribution < 1.29 is 9.59 Å². The zero-order valence-electron chi connectivity index (χ0n) is 11.5. The maximum absolute atomic E-state index is 11.1. The Morgan fingerprint density at radius 2 is 1.14 bits per heavy atom. The Kier molecular flexibility index (Phi) is 5.16. The van der Waals surface area contributed by atoms with Crippen LogP contribution in [0.25, 0.3) is 0 Å². The lowest BCUT2D eigenvalue weighted by molar-refractivity contribution is 0.107. The van der Waals surface area contributed by atoms with Crippen LogP contribution in [0.15, 0.2) is 48.5 Å². The summed E-state index contributed by atoms with van der Waals surface area (Å²) in [4.78, 5) is 22.2. The largest absolute Gasteiger partial charge is 0.276 e. The van der Waals surface area contributed by atoms with Crippen LogP contribution in [0.2, 0.25) is 0 Å². The van der Waals surface area contributed by atoms with Crippen LogP contribution in [0.5, 0.6) is 0 Å². The van der Waals surface area contributed by atoms with Crippen LogP contribution >= 0.6 is 23.2 Å². The quantitative estimate of drug-likeness (QED) is 0.727. The minimum atomic E-state index is -0.459. The molecule has 0 saturated carbocycles.